The highest BCUT2D eigenvalue weighted by molar-refractivity contribution is 8.24. The minimum Gasteiger partial charge on any atom is -0.469 e. The number of benzene rings is 1. The minimum absolute atomic E-state index is 0.0939. The lowest BCUT2D eigenvalue weighted by Crippen LogP contribution is -2.33. The van der Waals surface area contributed by atoms with E-state index in [9.17, 15) is 47.9 Å². The van der Waals surface area contributed by atoms with Crippen LogP contribution in [0.4, 0.5) is 0 Å². The number of aryl methyl sites for hydroxylation is 1. The van der Waals surface area contributed by atoms with E-state index in [1.54, 1.807) is 6.07 Å². The van der Waals surface area contributed by atoms with Gasteiger partial charge >= 0.3 is 59.7 Å². The predicted octanol–water partition coefficient (Wildman–Crippen LogP) is 9.54. The minimum atomic E-state index is -0.853. The number of ether oxygens (including phenoxy) is 10. The van der Waals surface area contributed by atoms with Crippen molar-refractivity contribution in [3.05, 3.63) is 77.0 Å². The van der Waals surface area contributed by atoms with Crippen LogP contribution >= 0.6 is 23.5 Å². The monoisotopic (exact) mass is 1210 g/mol. The van der Waals surface area contributed by atoms with E-state index >= 15 is 0 Å². The van der Waals surface area contributed by atoms with E-state index in [1.165, 1.54) is 18.9 Å². The van der Waals surface area contributed by atoms with Crippen LogP contribution in [-0.4, -0.2) is 119 Å². The quantitative estimate of drug-likeness (QED) is 0.0208. The molecule has 0 radical (unpaired) electrons. The van der Waals surface area contributed by atoms with Crippen molar-refractivity contribution in [2.24, 2.45) is 35.5 Å². The molecule has 458 valence electrons. The van der Waals surface area contributed by atoms with Gasteiger partial charge in [0.25, 0.3) is 5.70 Å². The van der Waals surface area contributed by atoms with Crippen LogP contribution in [0.1, 0.15) is 134 Å². The number of carbonyl (C=O) groups excluding carboxylic acids is 10. The maximum absolute atomic E-state index is 13.3. The number of unbranched alkanes of at least 4 members (excludes halogenated alkanes) is 2. The lowest BCUT2D eigenvalue weighted by atomic mass is 9.82. The summed E-state index contributed by atoms with van der Waals surface area (Å²) in [6.07, 6.45) is 14.5. The van der Waals surface area contributed by atoms with Gasteiger partial charge in [0.2, 0.25) is 0 Å². The molecule has 84 heavy (non-hydrogen) atoms. The molecule has 4 aliphatic carbocycles. The van der Waals surface area contributed by atoms with Crippen LogP contribution in [0.5, 0.6) is 5.75 Å². The molecule has 23 heteroatoms. The Hall–Kier alpha value is -6.93. The lowest BCUT2D eigenvalue weighted by molar-refractivity contribution is -0.161. The first-order chi connectivity index (χ1) is 40.5. The van der Waals surface area contributed by atoms with E-state index in [-0.39, 0.29) is 116 Å². The van der Waals surface area contributed by atoms with Gasteiger partial charge in [-0.25, -0.2) is 19.2 Å². The Morgan fingerprint density at radius 3 is 1.25 bits per heavy atom. The Balaban J connectivity index is 0.000000353. The van der Waals surface area contributed by atoms with Crippen molar-refractivity contribution in [3.8, 4) is 5.75 Å². The molecule has 0 spiro atoms. The summed E-state index contributed by atoms with van der Waals surface area (Å²) in [6, 6.07) is 3.50. The fourth-order valence-electron chi connectivity index (χ4n) is 10.1. The topological polar surface area (TPSA) is 267 Å². The van der Waals surface area contributed by atoms with Gasteiger partial charge in [0, 0.05) is 23.1 Å². The number of hydrogen-bond acceptors (Lipinski definition) is 22. The van der Waals surface area contributed by atoms with E-state index in [0.29, 0.717) is 150 Å². The highest BCUT2D eigenvalue weighted by Crippen LogP contribution is 2.57. The molecule has 21 nitrogen and oxygen atoms in total. The third kappa shape index (κ3) is 21.9. The molecule has 0 amide bonds. The Labute approximate surface area is 498 Å². The standard InChI is InChI=1S/C38H43NO12S2.C23H34O8/c1-5-29(40)46-19-7-8-20-48-34(42)24-10-12-25(13-11-24)35(43)50-27-16-14-26(15-17-27)36(44)51-28-18-9-23(3)32-33(28)53-38(52-32)31(39-4)37(45)49-22-21-47-30(41)6-2;1-3-20(24)29-14-4-5-15-30-22(26)17-6-8-18(9-7-17)23(27)31-19-12-10-16(11-13-19)21(25)28-2/h5-6,9,18,24-27H,1-2,7-8,10-17,19-22H2,3H3;3,16-19H,1,4-15H2,2H3/b38-31-;. The predicted molar refractivity (Wildman–Crippen MR) is 304 cm³/mol. The molecule has 0 unspecified atom stereocenters. The molecule has 0 aromatic heterocycles. The second-order valence-corrected chi connectivity index (χ2v) is 23.2. The number of methoxy groups -OCH3 is 1. The third-order valence-electron chi connectivity index (χ3n) is 15.1. The van der Waals surface area contributed by atoms with Gasteiger partial charge in [-0.3, -0.25) is 33.6 Å². The zero-order valence-corrected chi connectivity index (χ0v) is 49.6. The number of carbonyl (C=O) groups is 10. The normalized spacial score (nSPS) is 23.0. The van der Waals surface area contributed by atoms with Crippen LogP contribution in [0.2, 0.25) is 0 Å². The molecule has 1 aromatic rings. The smallest absolute Gasteiger partial charge is 0.338 e. The van der Waals surface area contributed by atoms with Crippen molar-refractivity contribution in [1.82, 2.24) is 0 Å². The van der Waals surface area contributed by atoms with Crippen molar-refractivity contribution < 1.29 is 95.3 Å². The van der Waals surface area contributed by atoms with Crippen LogP contribution in [-0.2, 0) is 90.6 Å². The molecule has 1 aromatic carbocycles. The molecule has 0 N–H and O–H groups in total. The summed E-state index contributed by atoms with van der Waals surface area (Å²) in [5.74, 6) is -5.05. The van der Waals surface area contributed by atoms with E-state index < -0.39 is 29.8 Å². The van der Waals surface area contributed by atoms with Crippen molar-refractivity contribution in [1.29, 1.82) is 0 Å². The van der Waals surface area contributed by atoms with Gasteiger partial charge in [-0.1, -0.05) is 49.3 Å². The van der Waals surface area contributed by atoms with E-state index in [2.05, 4.69) is 24.6 Å². The molecular weight excluding hydrogens is 1130 g/mol. The molecule has 1 heterocycles. The number of nitrogens with zero attached hydrogens (tertiary/aromatic N) is 1. The molecular formula is C61H77NO20S2. The Morgan fingerprint density at radius 1 is 0.476 bits per heavy atom. The van der Waals surface area contributed by atoms with Crippen molar-refractivity contribution in [3.63, 3.8) is 0 Å². The summed E-state index contributed by atoms with van der Waals surface area (Å²) < 4.78 is 52.9. The van der Waals surface area contributed by atoms with Gasteiger partial charge in [0.15, 0.2) is 0 Å². The summed E-state index contributed by atoms with van der Waals surface area (Å²) in [6.45, 7) is 20.1. The van der Waals surface area contributed by atoms with Crippen LogP contribution in [0.3, 0.4) is 0 Å². The molecule has 0 bridgehead atoms. The zero-order chi connectivity index (χ0) is 61.0. The zero-order valence-electron chi connectivity index (χ0n) is 47.9. The van der Waals surface area contributed by atoms with Crippen molar-refractivity contribution in [2.45, 2.75) is 157 Å². The largest absolute Gasteiger partial charge is 0.469 e. The van der Waals surface area contributed by atoms with E-state index in [4.69, 9.17) is 53.9 Å². The van der Waals surface area contributed by atoms with Gasteiger partial charge in [0.1, 0.15) is 31.2 Å². The third-order valence-corrected chi connectivity index (χ3v) is 17.8. The fourth-order valence-corrected chi connectivity index (χ4v) is 12.7. The first kappa shape index (κ1) is 67.9. The van der Waals surface area contributed by atoms with Gasteiger partial charge < -0.3 is 47.4 Å². The Morgan fingerprint density at radius 2 is 0.833 bits per heavy atom. The maximum atomic E-state index is 13.3. The van der Waals surface area contributed by atoms with Gasteiger partial charge in [-0.05, 0) is 147 Å². The summed E-state index contributed by atoms with van der Waals surface area (Å²) >= 11 is 2.38. The summed E-state index contributed by atoms with van der Waals surface area (Å²) in [5.41, 5.74) is 0.662. The average Bonchev–Trinajstić information content (AvgIpc) is 4.22. The van der Waals surface area contributed by atoms with Crippen LogP contribution < -0.4 is 4.74 Å². The molecule has 4 saturated carbocycles. The van der Waals surface area contributed by atoms with Crippen LogP contribution in [0.25, 0.3) is 4.85 Å². The first-order valence-electron chi connectivity index (χ1n) is 28.7. The highest BCUT2D eigenvalue weighted by Gasteiger charge is 2.38. The highest BCUT2D eigenvalue weighted by atomic mass is 32.2. The number of hydrogen-bond donors (Lipinski definition) is 0. The summed E-state index contributed by atoms with van der Waals surface area (Å²) in [7, 11) is 1.39. The maximum Gasteiger partial charge on any atom is 0.338 e. The second kappa shape index (κ2) is 36.0. The molecule has 4 fully saturated rings. The first-order valence-corrected chi connectivity index (χ1v) is 30.3. The number of fused-ring (bicyclic) bond motifs is 1. The van der Waals surface area contributed by atoms with E-state index in [0.717, 1.165) is 40.4 Å². The number of rotatable bonds is 26. The lowest BCUT2D eigenvalue weighted by Gasteiger charge is -2.30. The number of thioether (sulfide) groups is 2. The summed E-state index contributed by atoms with van der Waals surface area (Å²) in [5, 5.41) is 0. The molecule has 1 aliphatic heterocycles. The fraction of sp³-hybridized carbons (Fsp3) is 0.590. The average molecular weight is 1210 g/mol. The van der Waals surface area contributed by atoms with Gasteiger partial charge in [-0.2, -0.15) is 0 Å². The second-order valence-electron chi connectivity index (χ2n) is 20.9. The van der Waals surface area contributed by atoms with Crippen molar-refractivity contribution >= 4 is 83.2 Å². The molecule has 0 atom stereocenters. The van der Waals surface area contributed by atoms with Gasteiger partial charge in [-0.15, -0.1) is 0 Å². The summed E-state index contributed by atoms with van der Waals surface area (Å²) in [4.78, 5) is 126. The Kier molecular flexibility index (Phi) is 29.1. The number of esters is 10. The van der Waals surface area contributed by atoms with Gasteiger partial charge in [0.05, 0.1) is 84.7 Å². The Bertz CT molecular complexity index is 2590. The van der Waals surface area contributed by atoms with Crippen molar-refractivity contribution in [2.75, 3.05) is 46.8 Å². The van der Waals surface area contributed by atoms with Crippen LogP contribution in [0, 0.1) is 49.0 Å². The van der Waals surface area contributed by atoms with Crippen LogP contribution in [0.15, 0.2) is 69.8 Å². The molecule has 5 aliphatic rings. The van der Waals surface area contributed by atoms with E-state index in [1.807, 2.05) is 13.0 Å². The SMILES string of the molecule is C=CC(=O)OCCCCOC(=O)C1CCC(C(=O)OC2CCC(C(=O)OC)CC2)CC1.[C-]#[N+]/C(C(=O)OCCOC(=O)C=C)=C1/Sc2c(C)ccc(OC(=O)C3CCC(OC(=O)C4CCC(C(=O)OCCCCOC(=O)C=C)CC4)CC3)c2S1. The molecule has 6 rings (SSSR count). The molecule has 0 saturated heterocycles.